The molecule has 0 aliphatic heterocycles. The highest BCUT2D eigenvalue weighted by Gasteiger charge is 2.10. The fraction of sp³-hybridized carbons (Fsp3) is 0.0667. The first kappa shape index (κ1) is 12.5. The normalized spacial score (nSPS) is 10.6. The zero-order valence-electron chi connectivity index (χ0n) is 10.3. The summed E-state index contributed by atoms with van der Waals surface area (Å²) in [4.78, 5) is 11.9. The van der Waals surface area contributed by atoms with Gasteiger partial charge in [-0.3, -0.25) is 4.57 Å². The maximum absolute atomic E-state index is 11.9. The summed E-state index contributed by atoms with van der Waals surface area (Å²) in [6, 6.07) is 14.2. The van der Waals surface area contributed by atoms with Gasteiger partial charge < -0.3 is 4.42 Å². The summed E-state index contributed by atoms with van der Waals surface area (Å²) in [5.74, 6) is -0.424. The molecule has 20 heavy (non-hydrogen) atoms. The topological polar surface area (TPSA) is 58.9 Å². The highest BCUT2D eigenvalue weighted by molar-refractivity contribution is 6.31. The average Bonchev–Trinajstić information content (AvgIpc) is 2.76. The van der Waals surface area contributed by atoms with E-state index in [0.717, 1.165) is 5.56 Å². The van der Waals surface area contributed by atoms with Crippen LogP contribution < -0.4 is 5.76 Å². The summed E-state index contributed by atoms with van der Waals surface area (Å²) < 4.78 is 6.68. The van der Waals surface area contributed by atoms with Crippen LogP contribution in [0.3, 0.4) is 0 Å². The number of nitrogens with zero attached hydrogens (tertiary/aromatic N) is 2. The number of benzene rings is 2. The van der Waals surface area contributed by atoms with Gasteiger partial charge in [0.25, 0.3) is 0 Å². The third-order valence-corrected chi connectivity index (χ3v) is 3.29. The van der Waals surface area contributed by atoms with Crippen LogP contribution in [-0.4, -0.2) is 4.57 Å². The minimum absolute atomic E-state index is 0.373. The zero-order chi connectivity index (χ0) is 14.1. The SMILES string of the molecule is N#Cc1ccc(Cn2c(=O)oc3ccc(Cl)cc32)cc1. The number of hydrogen-bond donors (Lipinski definition) is 0. The van der Waals surface area contributed by atoms with E-state index in [1.807, 2.05) is 12.1 Å². The lowest BCUT2D eigenvalue weighted by Crippen LogP contribution is -2.14. The maximum Gasteiger partial charge on any atom is 0.420 e. The molecular formula is C15H9ClN2O2. The van der Waals surface area contributed by atoms with Crippen LogP contribution >= 0.6 is 11.6 Å². The lowest BCUT2D eigenvalue weighted by atomic mass is 10.1. The molecule has 3 aromatic rings. The molecule has 4 nitrogen and oxygen atoms in total. The van der Waals surface area contributed by atoms with Crippen LogP contribution in [0.2, 0.25) is 5.02 Å². The Kier molecular flexibility index (Phi) is 3.05. The molecule has 0 aliphatic carbocycles. The van der Waals surface area contributed by atoms with Crippen molar-refractivity contribution in [2.45, 2.75) is 6.54 Å². The van der Waals surface area contributed by atoms with E-state index in [0.29, 0.717) is 28.2 Å². The fourth-order valence-corrected chi connectivity index (χ4v) is 2.22. The molecule has 98 valence electrons. The van der Waals surface area contributed by atoms with Crippen LogP contribution in [0.5, 0.6) is 0 Å². The van der Waals surface area contributed by atoms with E-state index in [9.17, 15) is 4.79 Å². The van der Waals surface area contributed by atoms with E-state index < -0.39 is 5.76 Å². The van der Waals surface area contributed by atoms with Gasteiger partial charge in [0.1, 0.15) is 0 Å². The predicted molar refractivity (Wildman–Crippen MR) is 75.7 cm³/mol. The molecule has 0 fully saturated rings. The maximum atomic E-state index is 11.9. The average molecular weight is 285 g/mol. The van der Waals surface area contributed by atoms with Crippen molar-refractivity contribution in [3.63, 3.8) is 0 Å². The Bertz CT molecular complexity index is 870. The Morgan fingerprint density at radius 2 is 1.95 bits per heavy atom. The van der Waals surface area contributed by atoms with E-state index in [2.05, 4.69) is 6.07 Å². The van der Waals surface area contributed by atoms with E-state index in [-0.39, 0.29) is 0 Å². The van der Waals surface area contributed by atoms with Crippen molar-refractivity contribution < 1.29 is 4.42 Å². The summed E-state index contributed by atoms with van der Waals surface area (Å²) in [5, 5.41) is 9.31. The summed E-state index contributed by atoms with van der Waals surface area (Å²) in [7, 11) is 0. The van der Waals surface area contributed by atoms with Crippen molar-refractivity contribution in [3.8, 4) is 6.07 Å². The lowest BCUT2D eigenvalue weighted by molar-refractivity contribution is 0.517. The second-order valence-electron chi connectivity index (χ2n) is 4.37. The van der Waals surface area contributed by atoms with Gasteiger partial charge in [-0.25, -0.2) is 4.79 Å². The molecular weight excluding hydrogens is 276 g/mol. The van der Waals surface area contributed by atoms with E-state index in [1.54, 1.807) is 30.3 Å². The minimum Gasteiger partial charge on any atom is -0.408 e. The van der Waals surface area contributed by atoms with E-state index in [4.69, 9.17) is 21.3 Å². The van der Waals surface area contributed by atoms with Crippen LogP contribution in [0.15, 0.2) is 51.7 Å². The molecule has 0 N–H and O–H groups in total. The van der Waals surface area contributed by atoms with Crippen LogP contribution in [0.4, 0.5) is 0 Å². The summed E-state index contributed by atoms with van der Waals surface area (Å²) in [5.41, 5.74) is 2.66. The summed E-state index contributed by atoms with van der Waals surface area (Å²) in [6.45, 7) is 0.373. The number of fused-ring (bicyclic) bond motifs is 1. The van der Waals surface area contributed by atoms with Crippen molar-refractivity contribution >= 4 is 22.7 Å². The summed E-state index contributed by atoms with van der Waals surface area (Å²) in [6.07, 6.45) is 0. The van der Waals surface area contributed by atoms with Crippen molar-refractivity contribution in [2.75, 3.05) is 0 Å². The number of nitriles is 1. The molecule has 0 aliphatic rings. The Morgan fingerprint density at radius 1 is 1.20 bits per heavy atom. The first-order valence-electron chi connectivity index (χ1n) is 5.95. The molecule has 2 aromatic carbocycles. The van der Waals surface area contributed by atoms with Crippen LogP contribution in [0.25, 0.3) is 11.1 Å². The van der Waals surface area contributed by atoms with E-state index in [1.165, 1.54) is 4.57 Å². The smallest absolute Gasteiger partial charge is 0.408 e. The van der Waals surface area contributed by atoms with Gasteiger partial charge in [0.05, 0.1) is 23.7 Å². The second-order valence-corrected chi connectivity index (χ2v) is 4.81. The molecule has 0 radical (unpaired) electrons. The Morgan fingerprint density at radius 3 is 2.65 bits per heavy atom. The molecule has 0 saturated carbocycles. The number of rotatable bonds is 2. The van der Waals surface area contributed by atoms with Crippen molar-refractivity contribution in [1.29, 1.82) is 5.26 Å². The Hall–Kier alpha value is -2.51. The third kappa shape index (κ3) is 2.20. The van der Waals surface area contributed by atoms with Gasteiger partial charge in [0.2, 0.25) is 0 Å². The molecule has 0 atom stereocenters. The summed E-state index contributed by atoms with van der Waals surface area (Å²) >= 11 is 5.95. The monoisotopic (exact) mass is 284 g/mol. The number of halogens is 1. The molecule has 1 aromatic heterocycles. The van der Waals surface area contributed by atoms with Crippen LogP contribution in [0.1, 0.15) is 11.1 Å². The van der Waals surface area contributed by atoms with Gasteiger partial charge in [0.15, 0.2) is 5.58 Å². The zero-order valence-corrected chi connectivity index (χ0v) is 11.1. The highest BCUT2D eigenvalue weighted by Crippen LogP contribution is 2.19. The van der Waals surface area contributed by atoms with Crippen molar-refractivity contribution in [2.24, 2.45) is 0 Å². The third-order valence-electron chi connectivity index (χ3n) is 3.05. The number of aromatic nitrogens is 1. The second kappa shape index (κ2) is 4.87. The van der Waals surface area contributed by atoms with Gasteiger partial charge in [-0.2, -0.15) is 5.26 Å². The van der Waals surface area contributed by atoms with Crippen LogP contribution in [0, 0.1) is 11.3 Å². The van der Waals surface area contributed by atoms with Crippen molar-refractivity contribution in [3.05, 3.63) is 69.2 Å². The quantitative estimate of drug-likeness (QED) is 0.726. The van der Waals surface area contributed by atoms with Crippen molar-refractivity contribution in [1.82, 2.24) is 4.57 Å². The molecule has 0 bridgehead atoms. The molecule has 3 rings (SSSR count). The largest absolute Gasteiger partial charge is 0.420 e. The first-order valence-corrected chi connectivity index (χ1v) is 6.33. The minimum atomic E-state index is -0.424. The fourth-order valence-electron chi connectivity index (χ4n) is 2.05. The van der Waals surface area contributed by atoms with Gasteiger partial charge in [0, 0.05) is 5.02 Å². The molecule has 5 heteroatoms. The molecule has 0 amide bonds. The van der Waals surface area contributed by atoms with E-state index >= 15 is 0 Å². The van der Waals surface area contributed by atoms with Gasteiger partial charge in [-0.15, -0.1) is 0 Å². The van der Waals surface area contributed by atoms with Gasteiger partial charge in [-0.05, 0) is 35.9 Å². The Labute approximate surface area is 119 Å². The van der Waals surface area contributed by atoms with Crippen LogP contribution in [-0.2, 0) is 6.54 Å². The standard InChI is InChI=1S/C15H9ClN2O2/c16-12-5-6-14-13(7-12)18(15(19)20-14)9-11-3-1-10(8-17)2-4-11/h1-7H,9H2. The van der Waals surface area contributed by atoms with Gasteiger partial charge in [-0.1, -0.05) is 23.7 Å². The predicted octanol–water partition coefficient (Wildman–Crippen LogP) is 3.17. The molecule has 1 heterocycles. The number of hydrogen-bond acceptors (Lipinski definition) is 3. The molecule has 0 unspecified atom stereocenters. The molecule has 0 spiro atoms. The van der Waals surface area contributed by atoms with Gasteiger partial charge >= 0.3 is 5.76 Å². The molecule has 0 saturated heterocycles. The Balaban J connectivity index is 2.05. The first-order chi connectivity index (χ1) is 9.67. The lowest BCUT2D eigenvalue weighted by Gasteiger charge is -2.03. The number of oxazole rings is 1. The highest BCUT2D eigenvalue weighted by atomic mass is 35.5.